The van der Waals surface area contributed by atoms with Crippen molar-refractivity contribution >= 4 is 23.4 Å². The van der Waals surface area contributed by atoms with E-state index in [0.29, 0.717) is 12.1 Å². The molecular formula is C26H26N4O3. The Morgan fingerprint density at radius 3 is 2.55 bits per heavy atom. The summed E-state index contributed by atoms with van der Waals surface area (Å²) in [6.45, 7) is 7.91. The average Bonchev–Trinajstić information content (AvgIpc) is 3.21. The van der Waals surface area contributed by atoms with Gasteiger partial charge in [-0.2, -0.15) is 5.10 Å². The molecule has 2 heterocycles. The van der Waals surface area contributed by atoms with Crippen LogP contribution in [-0.4, -0.2) is 32.7 Å². The van der Waals surface area contributed by atoms with E-state index in [1.165, 1.54) is 0 Å². The quantitative estimate of drug-likeness (QED) is 0.428. The van der Waals surface area contributed by atoms with E-state index in [4.69, 9.17) is 9.84 Å². The zero-order valence-electron chi connectivity index (χ0n) is 19.1. The molecule has 0 radical (unpaired) electrons. The van der Waals surface area contributed by atoms with E-state index < -0.39 is 11.7 Å². The fourth-order valence-electron chi connectivity index (χ4n) is 3.54. The number of aryl methyl sites for hydroxylation is 1. The van der Waals surface area contributed by atoms with Crippen molar-refractivity contribution in [1.82, 2.24) is 20.1 Å². The highest BCUT2D eigenvalue weighted by Gasteiger charge is 2.16. The molecule has 0 aliphatic rings. The van der Waals surface area contributed by atoms with Crippen molar-refractivity contribution in [3.8, 4) is 16.8 Å². The number of hydrogen-bond donors (Lipinski definition) is 1. The molecule has 33 heavy (non-hydrogen) atoms. The maximum absolute atomic E-state index is 12.0. The molecule has 0 spiro atoms. The predicted molar refractivity (Wildman–Crippen MR) is 127 cm³/mol. The summed E-state index contributed by atoms with van der Waals surface area (Å²) in [4.78, 5) is 27.3. The summed E-state index contributed by atoms with van der Waals surface area (Å²) in [6.07, 6.45) is 4.03. The summed E-state index contributed by atoms with van der Waals surface area (Å²) in [5, 5.41) is 7.56. The molecule has 0 unspecified atom stereocenters. The van der Waals surface area contributed by atoms with Crippen molar-refractivity contribution in [3.05, 3.63) is 77.6 Å². The molecule has 2 aromatic heterocycles. The fourth-order valence-corrected chi connectivity index (χ4v) is 3.54. The molecule has 1 N–H and O–H groups in total. The van der Waals surface area contributed by atoms with Gasteiger partial charge in [-0.3, -0.25) is 9.78 Å². The van der Waals surface area contributed by atoms with Crippen LogP contribution in [0.15, 0.2) is 60.9 Å². The van der Waals surface area contributed by atoms with Crippen LogP contribution in [0.2, 0.25) is 0 Å². The van der Waals surface area contributed by atoms with Gasteiger partial charge < -0.3 is 10.1 Å². The summed E-state index contributed by atoms with van der Waals surface area (Å²) in [5.41, 5.74) is 6.55. The highest BCUT2D eigenvalue weighted by atomic mass is 16.6. The lowest BCUT2D eigenvalue weighted by atomic mass is 9.99. The van der Waals surface area contributed by atoms with E-state index in [1.807, 2.05) is 64.2 Å². The maximum atomic E-state index is 12.0. The second-order valence-electron chi connectivity index (χ2n) is 8.87. The molecule has 1 amide bonds. The predicted octanol–water partition coefficient (Wildman–Crippen LogP) is 5.23. The van der Waals surface area contributed by atoms with Crippen molar-refractivity contribution in [1.29, 1.82) is 0 Å². The van der Waals surface area contributed by atoms with Crippen molar-refractivity contribution < 1.29 is 14.3 Å². The highest BCUT2D eigenvalue weighted by Crippen LogP contribution is 2.28. The van der Waals surface area contributed by atoms with Crippen molar-refractivity contribution in [3.63, 3.8) is 0 Å². The number of pyridine rings is 1. The van der Waals surface area contributed by atoms with E-state index in [1.54, 1.807) is 23.0 Å². The van der Waals surface area contributed by atoms with Crippen LogP contribution in [0.25, 0.3) is 27.8 Å². The van der Waals surface area contributed by atoms with Gasteiger partial charge in [0, 0.05) is 23.9 Å². The number of rotatable bonds is 5. The summed E-state index contributed by atoms with van der Waals surface area (Å²) < 4.78 is 7.07. The van der Waals surface area contributed by atoms with Gasteiger partial charge >= 0.3 is 6.09 Å². The smallest absolute Gasteiger partial charge is 0.407 e. The van der Waals surface area contributed by atoms with Crippen LogP contribution in [0.3, 0.4) is 0 Å². The zero-order chi connectivity index (χ0) is 23.6. The first-order chi connectivity index (χ1) is 15.7. The third-order valence-corrected chi connectivity index (χ3v) is 5.17. The molecule has 7 nitrogen and oxygen atoms in total. The number of nitrogens with one attached hydrogen (secondary N) is 1. The molecule has 0 aliphatic carbocycles. The normalized spacial score (nSPS) is 11.4. The third kappa shape index (κ3) is 5.09. The van der Waals surface area contributed by atoms with E-state index in [9.17, 15) is 9.59 Å². The summed E-state index contributed by atoms with van der Waals surface area (Å²) in [5.74, 6) is 0. The number of aldehydes is 1. The van der Waals surface area contributed by atoms with Crippen molar-refractivity contribution in [2.45, 2.75) is 39.8 Å². The number of hydrogen-bond acceptors (Lipinski definition) is 5. The van der Waals surface area contributed by atoms with Gasteiger partial charge in [0.15, 0.2) is 0 Å². The van der Waals surface area contributed by atoms with Gasteiger partial charge in [-0.05, 0) is 74.7 Å². The monoisotopic (exact) mass is 442 g/mol. The SMILES string of the molecule is Cc1cc(-c2ccnc3cn(-c4ccc(C=O)cc4)nc23)ccc1CNC(=O)OC(C)(C)C. The number of benzene rings is 2. The average molecular weight is 443 g/mol. The van der Waals surface area contributed by atoms with Crippen molar-refractivity contribution in [2.75, 3.05) is 0 Å². The second kappa shape index (κ2) is 8.86. The van der Waals surface area contributed by atoms with Gasteiger partial charge in [0.25, 0.3) is 0 Å². The Hall–Kier alpha value is -4.00. The Morgan fingerprint density at radius 2 is 1.88 bits per heavy atom. The summed E-state index contributed by atoms with van der Waals surface area (Å²) in [7, 11) is 0. The summed E-state index contributed by atoms with van der Waals surface area (Å²) in [6, 6.07) is 15.3. The fraction of sp³-hybridized carbons (Fsp3) is 0.231. The number of alkyl carbamates (subject to hydrolysis) is 1. The highest BCUT2D eigenvalue weighted by molar-refractivity contribution is 5.91. The number of aromatic nitrogens is 3. The van der Waals surface area contributed by atoms with E-state index >= 15 is 0 Å². The second-order valence-corrected chi connectivity index (χ2v) is 8.87. The van der Waals surface area contributed by atoms with Gasteiger partial charge in [-0.15, -0.1) is 0 Å². The number of fused-ring (bicyclic) bond motifs is 1. The number of amides is 1. The molecule has 0 atom stereocenters. The molecule has 0 aliphatic heterocycles. The summed E-state index contributed by atoms with van der Waals surface area (Å²) >= 11 is 0. The number of carbonyl (C=O) groups is 2. The molecule has 7 heteroatoms. The van der Waals surface area contributed by atoms with Gasteiger partial charge in [0.1, 0.15) is 22.9 Å². The van der Waals surface area contributed by atoms with Gasteiger partial charge in [0.05, 0.1) is 11.9 Å². The Bertz CT molecular complexity index is 1320. The topological polar surface area (TPSA) is 86.1 Å². The Morgan fingerprint density at radius 1 is 1.12 bits per heavy atom. The Balaban J connectivity index is 1.59. The molecule has 168 valence electrons. The molecule has 0 bridgehead atoms. The van der Waals surface area contributed by atoms with E-state index in [2.05, 4.69) is 16.4 Å². The zero-order valence-corrected chi connectivity index (χ0v) is 19.1. The molecule has 2 aromatic carbocycles. The minimum atomic E-state index is -0.532. The van der Waals surface area contributed by atoms with Gasteiger partial charge in [0.2, 0.25) is 0 Å². The lowest BCUT2D eigenvalue weighted by Crippen LogP contribution is -2.32. The first-order valence-corrected chi connectivity index (χ1v) is 10.7. The molecule has 4 aromatic rings. The van der Waals surface area contributed by atoms with Crippen LogP contribution < -0.4 is 5.32 Å². The minimum absolute atomic E-state index is 0.387. The lowest BCUT2D eigenvalue weighted by Gasteiger charge is -2.20. The standard InChI is InChI=1S/C26H26N4O3/c1-17-13-19(7-8-20(17)14-28-25(32)33-26(2,3)4)22-11-12-27-23-15-30(29-24(22)23)21-9-5-18(16-31)6-10-21/h5-13,15-16H,14H2,1-4H3,(H,28,32). The number of nitrogens with zero attached hydrogens (tertiary/aromatic N) is 3. The molecule has 0 saturated heterocycles. The Kier molecular flexibility index (Phi) is 5.96. The third-order valence-electron chi connectivity index (χ3n) is 5.17. The maximum Gasteiger partial charge on any atom is 0.407 e. The van der Waals surface area contributed by atoms with Gasteiger partial charge in [-0.25, -0.2) is 9.48 Å². The van der Waals surface area contributed by atoms with Gasteiger partial charge in [-0.1, -0.05) is 18.2 Å². The number of carbonyl (C=O) groups excluding carboxylic acids is 2. The largest absolute Gasteiger partial charge is 0.444 e. The molecule has 4 rings (SSSR count). The van der Waals surface area contributed by atoms with Crippen LogP contribution in [0.1, 0.15) is 42.3 Å². The van der Waals surface area contributed by atoms with Crippen LogP contribution >= 0.6 is 0 Å². The van der Waals surface area contributed by atoms with Crippen LogP contribution in [0.5, 0.6) is 0 Å². The first kappa shape index (κ1) is 22.2. The molecular weight excluding hydrogens is 416 g/mol. The van der Waals surface area contributed by atoms with Crippen LogP contribution in [-0.2, 0) is 11.3 Å². The number of ether oxygens (including phenoxy) is 1. The molecule has 0 saturated carbocycles. The van der Waals surface area contributed by atoms with Crippen LogP contribution in [0.4, 0.5) is 4.79 Å². The van der Waals surface area contributed by atoms with Crippen molar-refractivity contribution in [2.24, 2.45) is 0 Å². The lowest BCUT2D eigenvalue weighted by molar-refractivity contribution is 0.0523. The van der Waals surface area contributed by atoms with E-state index in [0.717, 1.165) is 45.3 Å². The first-order valence-electron chi connectivity index (χ1n) is 10.7. The minimum Gasteiger partial charge on any atom is -0.444 e. The van der Waals surface area contributed by atoms with Crippen LogP contribution in [0, 0.1) is 6.92 Å². The Labute approximate surface area is 192 Å². The molecule has 0 fully saturated rings. The van der Waals surface area contributed by atoms with E-state index in [-0.39, 0.29) is 0 Å².